The lowest BCUT2D eigenvalue weighted by Crippen LogP contribution is -2.15. The maximum absolute atomic E-state index is 12.1. The first kappa shape index (κ1) is 19.3. The molecule has 0 saturated heterocycles. The average Bonchev–Trinajstić information content (AvgIpc) is 2.59. The number of hydrogen-bond acceptors (Lipinski definition) is 6. The number of halogens is 3. The van der Waals surface area contributed by atoms with Gasteiger partial charge in [-0.25, -0.2) is 4.79 Å². The van der Waals surface area contributed by atoms with Gasteiger partial charge in [0, 0.05) is 16.7 Å². The van der Waals surface area contributed by atoms with Gasteiger partial charge in [-0.3, -0.25) is 14.9 Å². The molecule has 0 N–H and O–H groups in total. The van der Waals surface area contributed by atoms with Crippen molar-refractivity contribution in [2.24, 2.45) is 0 Å². The number of nitro groups is 1. The molecular formula is C16H10ClF2NO6. The van der Waals surface area contributed by atoms with Gasteiger partial charge in [0.25, 0.3) is 5.69 Å². The molecule has 0 spiro atoms. The predicted octanol–water partition coefficient (Wildman–Crippen LogP) is 3.89. The van der Waals surface area contributed by atoms with Crippen LogP contribution in [0, 0.1) is 10.1 Å². The number of nitro benzene ring substituents is 1. The SMILES string of the molecule is O=C(COC(=O)c1ccc(Cl)cc1[N+](=O)[O-])c1ccc(OC(F)F)cc1. The number of ketones is 1. The summed E-state index contributed by atoms with van der Waals surface area (Å²) in [6.07, 6.45) is 0. The Morgan fingerprint density at radius 1 is 1.15 bits per heavy atom. The maximum Gasteiger partial charge on any atom is 0.387 e. The van der Waals surface area contributed by atoms with Crippen molar-refractivity contribution in [2.45, 2.75) is 6.61 Å². The predicted molar refractivity (Wildman–Crippen MR) is 85.8 cm³/mol. The standard InChI is InChI=1S/C16H10ClF2NO6/c17-10-3-6-12(13(7-10)20(23)24)15(22)25-8-14(21)9-1-4-11(5-2-9)26-16(18)19/h1-7,16H,8H2. The number of alkyl halides is 2. The van der Waals surface area contributed by atoms with Crippen LogP contribution in [0.5, 0.6) is 5.75 Å². The summed E-state index contributed by atoms with van der Waals surface area (Å²) in [6, 6.07) is 8.13. The normalized spacial score (nSPS) is 10.5. The quantitative estimate of drug-likeness (QED) is 0.310. The molecule has 7 nitrogen and oxygen atoms in total. The Bertz CT molecular complexity index is 841. The number of benzene rings is 2. The first-order chi connectivity index (χ1) is 12.3. The molecule has 0 atom stereocenters. The first-order valence-corrected chi connectivity index (χ1v) is 7.35. The molecule has 0 aromatic heterocycles. The first-order valence-electron chi connectivity index (χ1n) is 6.97. The highest BCUT2D eigenvalue weighted by molar-refractivity contribution is 6.31. The van der Waals surface area contributed by atoms with Gasteiger partial charge in [-0.15, -0.1) is 0 Å². The number of rotatable bonds is 7. The summed E-state index contributed by atoms with van der Waals surface area (Å²) in [6.45, 7) is -3.68. The van der Waals surface area contributed by atoms with Crippen molar-refractivity contribution >= 4 is 29.0 Å². The van der Waals surface area contributed by atoms with Gasteiger partial charge in [-0.2, -0.15) is 8.78 Å². The molecule has 0 aliphatic carbocycles. The lowest BCUT2D eigenvalue weighted by molar-refractivity contribution is -0.385. The van der Waals surface area contributed by atoms with E-state index in [1.54, 1.807) is 0 Å². The fourth-order valence-electron chi connectivity index (χ4n) is 1.94. The molecule has 2 aromatic rings. The van der Waals surface area contributed by atoms with E-state index in [-0.39, 0.29) is 21.9 Å². The smallest absolute Gasteiger partial charge is 0.387 e. The van der Waals surface area contributed by atoms with Gasteiger partial charge in [0.2, 0.25) is 0 Å². The van der Waals surface area contributed by atoms with E-state index in [4.69, 9.17) is 16.3 Å². The maximum atomic E-state index is 12.1. The van der Waals surface area contributed by atoms with Crippen LogP contribution in [0.25, 0.3) is 0 Å². The van der Waals surface area contributed by atoms with Gasteiger partial charge in [-0.05, 0) is 36.4 Å². The van der Waals surface area contributed by atoms with Crippen LogP contribution in [0.2, 0.25) is 5.02 Å². The minimum absolute atomic E-state index is 0.0652. The highest BCUT2D eigenvalue weighted by atomic mass is 35.5. The van der Waals surface area contributed by atoms with Gasteiger partial charge in [0.1, 0.15) is 11.3 Å². The molecule has 0 heterocycles. The van der Waals surface area contributed by atoms with Crippen molar-refractivity contribution in [1.29, 1.82) is 0 Å². The Kier molecular flexibility index (Phi) is 6.18. The molecule has 26 heavy (non-hydrogen) atoms. The summed E-state index contributed by atoms with van der Waals surface area (Å²) in [4.78, 5) is 34.1. The molecule has 2 aromatic carbocycles. The zero-order valence-electron chi connectivity index (χ0n) is 12.9. The van der Waals surface area contributed by atoms with Crippen LogP contribution in [-0.2, 0) is 4.74 Å². The number of ether oxygens (including phenoxy) is 2. The van der Waals surface area contributed by atoms with Crippen LogP contribution >= 0.6 is 11.6 Å². The van der Waals surface area contributed by atoms with Crippen molar-refractivity contribution in [3.63, 3.8) is 0 Å². The van der Waals surface area contributed by atoms with E-state index < -0.39 is 35.6 Å². The molecule has 0 aliphatic rings. The topological polar surface area (TPSA) is 95.7 Å². The molecule has 136 valence electrons. The van der Waals surface area contributed by atoms with Crippen LogP contribution in [-0.4, -0.2) is 29.9 Å². The summed E-state index contributed by atoms with van der Waals surface area (Å²) in [5, 5.41) is 11.0. The van der Waals surface area contributed by atoms with Gasteiger partial charge in [0.15, 0.2) is 12.4 Å². The fourth-order valence-corrected chi connectivity index (χ4v) is 2.11. The fraction of sp³-hybridized carbons (Fsp3) is 0.125. The van der Waals surface area contributed by atoms with E-state index in [9.17, 15) is 28.5 Å². The number of carbonyl (C=O) groups is 2. The van der Waals surface area contributed by atoms with Crippen LogP contribution in [0.4, 0.5) is 14.5 Å². The van der Waals surface area contributed by atoms with E-state index in [0.717, 1.165) is 24.3 Å². The third-order valence-electron chi connectivity index (χ3n) is 3.11. The largest absolute Gasteiger partial charge is 0.454 e. The lowest BCUT2D eigenvalue weighted by atomic mass is 10.1. The summed E-state index contributed by atoms with van der Waals surface area (Å²) >= 11 is 5.65. The second-order valence-corrected chi connectivity index (χ2v) is 5.26. The highest BCUT2D eigenvalue weighted by Gasteiger charge is 2.22. The molecule has 0 aliphatic heterocycles. The molecule has 2 rings (SSSR count). The minimum Gasteiger partial charge on any atom is -0.454 e. The Hall–Kier alpha value is -3.07. The van der Waals surface area contributed by atoms with E-state index in [1.165, 1.54) is 18.2 Å². The van der Waals surface area contributed by atoms with Crippen molar-refractivity contribution in [1.82, 2.24) is 0 Å². The van der Waals surface area contributed by atoms with E-state index >= 15 is 0 Å². The Balaban J connectivity index is 2.03. The van der Waals surface area contributed by atoms with E-state index in [2.05, 4.69) is 4.74 Å². The third-order valence-corrected chi connectivity index (χ3v) is 3.35. The van der Waals surface area contributed by atoms with Gasteiger partial charge in [-0.1, -0.05) is 11.6 Å². The van der Waals surface area contributed by atoms with Crippen molar-refractivity contribution in [3.8, 4) is 5.75 Å². The number of hydrogen-bond donors (Lipinski definition) is 0. The van der Waals surface area contributed by atoms with E-state index in [0.29, 0.717) is 0 Å². The van der Waals surface area contributed by atoms with Crippen molar-refractivity contribution in [3.05, 3.63) is 68.7 Å². The molecule has 0 amide bonds. The molecule has 0 fully saturated rings. The molecule has 0 unspecified atom stereocenters. The molecular weight excluding hydrogens is 376 g/mol. The zero-order chi connectivity index (χ0) is 19.3. The zero-order valence-corrected chi connectivity index (χ0v) is 13.6. The summed E-state index contributed by atoms with van der Waals surface area (Å²) < 4.78 is 33.1. The van der Waals surface area contributed by atoms with Crippen molar-refractivity contribution in [2.75, 3.05) is 6.61 Å². The van der Waals surface area contributed by atoms with Crippen LogP contribution in [0.3, 0.4) is 0 Å². The Labute approximate surface area is 150 Å². The average molecular weight is 386 g/mol. The van der Waals surface area contributed by atoms with Gasteiger partial charge in [0.05, 0.1) is 4.92 Å². The number of Topliss-reactive ketones (excluding diaryl/α,β-unsaturated/α-hetero) is 1. The molecule has 0 radical (unpaired) electrons. The molecule has 0 saturated carbocycles. The minimum atomic E-state index is -2.99. The Morgan fingerprint density at radius 2 is 1.81 bits per heavy atom. The molecule has 0 bridgehead atoms. The second kappa shape index (κ2) is 8.34. The van der Waals surface area contributed by atoms with Crippen LogP contribution in [0.15, 0.2) is 42.5 Å². The summed E-state index contributed by atoms with van der Waals surface area (Å²) in [5.41, 5.74) is -0.818. The number of carbonyl (C=O) groups excluding carboxylic acids is 2. The van der Waals surface area contributed by atoms with Gasteiger partial charge >= 0.3 is 12.6 Å². The monoisotopic (exact) mass is 385 g/mol. The molecule has 10 heteroatoms. The van der Waals surface area contributed by atoms with Gasteiger partial charge < -0.3 is 9.47 Å². The Morgan fingerprint density at radius 3 is 2.38 bits per heavy atom. The highest BCUT2D eigenvalue weighted by Crippen LogP contribution is 2.24. The van der Waals surface area contributed by atoms with Crippen LogP contribution < -0.4 is 4.74 Å². The lowest BCUT2D eigenvalue weighted by Gasteiger charge is -2.07. The second-order valence-electron chi connectivity index (χ2n) is 4.82. The number of esters is 1. The van der Waals surface area contributed by atoms with E-state index in [1.807, 2.05) is 0 Å². The summed E-state index contributed by atoms with van der Waals surface area (Å²) in [5.74, 6) is -1.83. The third kappa shape index (κ3) is 4.96. The van der Waals surface area contributed by atoms with Crippen LogP contribution in [0.1, 0.15) is 20.7 Å². The number of nitrogens with zero attached hydrogens (tertiary/aromatic N) is 1. The van der Waals surface area contributed by atoms with Crippen molar-refractivity contribution < 1.29 is 32.8 Å². The summed E-state index contributed by atoms with van der Waals surface area (Å²) in [7, 11) is 0.